The molecular formula is C14H13F3N2O. The maximum absolute atomic E-state index is 12.1. The maximum atomic E-state index is 12.1. The smallest absolute Gasteiger partial charge is 0.405 e. The lowest BCUT2D eigenvalue weighted by Crippen LogP contribution is -2.21. The lowest BCUT2D eigenvalue weighted by molar-refractivity contribution is -0.115. The molecule has 1 N–H and O–H groups in total. The minimum atomic E-state index is -4.26. The summed E-state index contributed by atoms with van der Waals surface area (Å²) < 4.78 is 41.5. The summed E-state index contributed by atoms with van der Waals surface area (Å²) in [7, 11) is 1.56. The maximum Gasteiger partial charge on any atom is 0.405 e. The molecule has 0 saturated heterocycles. The van der Waals surface area contributed by atoms with Crippen LogP contribution in [0.1, 0.15) is 0 Å². The van der Waals surface area contributed by atoms with Crippen molar-refractivity contribution in [1.82, 2.24) is 4.98 Å². The third-order valence-corrected chi connectivity index (χ3v) is 2.65. The highest BCUT2D eigenvalue weighted by molar-refractivity contribution is 5.70. The normalized spacial score (nSPS) is 11.2. The van der Waals surface area contributed by atoms with Crippen molar-refractivity contribution in [2.45, 2.75) is 6.18 Å². The van der Waals surface area contributed by atoms with Crippen LogP contribution in [-0.4, -0.2) is 24.8 Å². The molecule has 0 amide bonds. The van der Waals surface area contributed by atoms with E-state index in [9.17, 15) is 13.2 Å². The molecule has 0 bridgehead atoms. The molecule has 0 saturated carbocycles. The number of rotatable bonds is 4. The molecule has 1 aromatic carbocycles. The van der Waals surface area contributed by atoms with Crippen molar-refractivity contribution in [2.75, 3.05) is 19.0 Å². The third kappa shape index (κ3) is 3.63. The highest BCUT2D eigenvalue weighted by atomic mass is 19.4. The molecule has 0 atom stereocenters. The number of hydrogen-bond donors (Lipinski definition) is 1. The van der Waals surface area contributed by atoms with E-state index in [1.54, 1.807) is 13.2 Å². The van der Waals surface area contributed by atoms with E-state index in [0.29, 0.717) is 5.75 Å². The van der Waals surface area contributed by atoms with Crippen molar-refractivity contribution in [2.24, 2.45) is 0 Å². The summed E-state index contributed by atoms with van der Waals surface area (Å²) in [5, 5.41) is 2.22. The number of nitrogens with one attached hydrogen (secondary N) is 1. The van der Waals surface area contributed by atoms with Crippen LogP contribution in [0.15, 0.2) is 42.6 Å². The molecule has 0 unspecified atom stereocenters. The second-order valence-corrected chi connectivity index (χ2v) is 4.10. The van der Waals surface area contributed by atoms with Crippen LogP contribution < -0.4 is 10.1 Å². The standard InChI is InChI=1S/C14H13F3N2O/c1-20-12-5-3-2-4-11(12)10-6-7-13(18-8-10)19-9-14(15,16)17/h2-8H,9H2,1H3,(H,18,19). The molecule has 2 rings (SSSR count). The van der Waals surface area contributed by atoms with Gasteiger partial charge in [0.2, 0.25) is 0 Å². The van der Waals surface area contributed by atoms with Crippen LogP contribution in [0.5, 0.6) is 5.75 Å². The molecule has 2 aromatic rings. The minimum Gasteiger partial charge on any atom is -0.496 e. The first kappa shape index (κ1) is 14.2. The first-order chi connectivity index (χ1) is 9.49. The van der Waals surface area contributed by atoms with Gasteiger partial charge in [-0.25, -0.2) is 4.98 Å². The Morgan fingerprint density at radius 1 is 1.15 bits per heavy atom. The third-order valence-electron chi connectivity index (χ3n) is 2.65. The molecular weight excluding hydrogens is 269 g/mol. The monoisotopic (exact) mass is 282 g/mol. The van der Waals surface area contributed by atoms with Crippen molar-refractivity contribution in [1.29, 1.82) is 0 Å². The number of methoxy groups -OCH3 is 1. The van der Waals surface area contributed by atoms with Crippen LogP contribution >= 0.6 is 0 Å². The van der Waals surface area contributed by atoms with E-state index < -0.39 is 12.7 Å². The number of aromatic nitrogens is 1. The summed E-state index contributed by atoms with van der Waals surface area (Å²) in [4.78, 5) is 3.97. The van der Waals surface area contributed by atoms with Gasteiger partial charge in [-0.3, -0.25) is 0 Å². The number of anilines is 1. The zero-order valence-corrected chi connectivity index (χ0v) is 10.7. The van der Waals surface area contributed by atoms with E-state index in [1.165, 1.54) is 12.3 Å². The van der Waals surface area contributed by atoms with Crippen LogP contribution in [0.4, 0.5) is 19.0 Å². The first-order valence-corrected chi connectivity index (χ1v) is 5.89. The van der Waals surface area contributed by atoms with Gasteiger partial charge in [-0.15, -0.1) is 0 Å². The molecule has 0 aliphatic heterocycles. The van der Waals surface area contributed by atoms with Gasteiger partial charge in [0.05, 0.1) is 7.11 Å². The van der Waals surface area contributed by atoms with Crippen LogP contribution in [0.3, 0.4) is 0 Å². The van der Waals surface area contributed by atoms with Gasteiger partial charge in [-0.2, -0.15) is 13.2 Å². The minimum absolute atomic E-state index is 0.181. The number of nitrogens with zero attached hydrogens (tertiary/aromatic N) is 1. The molecule has 0 spiro atoms. The van der Waals surface area contributed by atoms with Gasteiger partial charge in [0, 0.05) is 17.3 Å². The summed E-state index contributed by atoms with van der Waals surface area (Å²) in [6.45, 7) is -1.10. The molecule has 1 heterocycles. The summed E-state index contributed by atoms with van der Waals surface area (Å²) in [5.74, 6) is 0.867. The molecule has 1 aromatic heterocycles. The predicted molar refractivity (Wildman–Crippen MR) is 70.8 cm³/mol. The molecule has 0 aliphatic carbocycles. The fraction of sp³-hybridized carbons (Fsp3) is 0.214. The Bertz CT molecular complexity index is 567. The van der Waals surface area contributed by atoms with Crippen molar-refractivity contribution in [3.8, 4) is 16.9 Å². The lowest BCUT2D eigenvalue weighted by atomic mass is 10.1. The average Bonchev–Trinajstić information content (AvgIpc) is 2.45. The summed E-state index contributed by atoms with van der Waals surface area (Å²) in [5.41, 5.74) is 1.62. The van der Waals surface area contributed by atoms with Gasteiger partial charge >= 0.3 is 6.18 Å². The van der Waals surface area contributed by atoms with E-state index in [-0.39, 0.29) is 5.82 Å². The lowest BCUT2D eigenvalue weighted by Gasteiger charge is -2.10. The van der Waals surface area contributed by atoms with Crippen LogP contribution in [0.2, 0.25) is 0 Å². The molecule has 6 heteroatoms. The number of ether oxygens (including phenoxy) is 1. The second-order valence-electron chi connectivity index (χ2n) is 4.10. The summed E-state index contributed by atoms with van der Waals surface area (Å²) in [6, 6.07) is 10.6. The molecule has 0 radical (unpaired) electrons. The fourth-order valence-corrected chi connectivity index (χ4v) is 1.73. The number of para-hydroxylation sites is 1. The van der Waals surface area contributed by atoms with Crippen molar-refractivity contribution in [3.05, 3.63) is 42.6 Å². The molecule has 0 fully saturated rings. The molecule has 0 aliphatic rings. The predicted octanol–water partition coefficient (Wildman–Crippen LogP) is 3.73. The van der Waals surface area contributed by atoms with Gasteiger partial charge in [0.15, 0.2) is 0 Å². The Morgan fingerprint density at radius 3 is 2.50 bits per heavy atom. The van der Waals surface area contributed by atoms with E-state index in [0.717, 1.165) is 11.1 Å². The SMILES string of the molecule is COc1ccccc1-c1ccc(NCC(F)(F)F)nc1. The Morgan fingerprint density at radius 2 is 1.90 bits per heavy atom. The van der Waals surface area contributed by atoms with Crippen molar-refractivity contribution < 1.29 is 17.9 Å². The van der Waals surface area contributed by atoms with Gasteiger partial charge in [0.25, 0.3) is 0 Å². The topological polar surface area (TPSA) is 34.1 Å². The zero-order valence-electron chi connectivity index (χ0n) is 10.7. The molecule has 20 heavy (non-hydrogen) atoms. The highest BCUT2D eigenvalue weighted by Gasteiger charge is 2.26. The van der Waals surface area contributed by atoms with Crippen LogP contribution in [0.25, 0.3) is 11.1 Å². The summed E-state index contributed by atoms with van der Waals surface area (Å²) >= 11 is 0. The fourth-order valence-electron chi connectivity index (χ4n) is 1.73. The van der Waals surface area contributed by atoms with E-state index >= 15 is 0 Å². The number of halogens is 3. The van der Waals surface area contributed by atoms with E-state index in [4.69, 9.17) is 4.74 Å². The number of hydrogen-bond acceptors (Lipinski definition) is 3. The first-order valence-electron chi connectivity index (χ1n) is 5.89. The summed E-state index contributed by atoms with van der Waals surface area (Å²) in [6.07, 6.45) is -2.75. The Balaban J connectivity index is 2.16. The van der Waals surface area contributed by atoms with Crippen molar-refractivity contribution >= 4 is 5.82 Å². The molecule has 3 nitrogen and oxygen atoms in total. The Kier molecular flexibility index (Phi) is 4.12. The second kappa shape index (κ2) is 5.81. The number of alkyl halides is 3. The van der Waals surface area contributed by atoms with Gasteiger partial charge in [-0.05, 0) is 18.2 Å². The number of pyridine rings is 1. The van der Waals surface area contributed by atoms with Crippen LogP contribution in [0, 0.1) is 0 Å². The van der Waals surface area contributed by atoms with E-state index in [2.05, 4.69) is 10.3 Å². The Hall–Kier alpha value is -2.24. The van der Waals surface area contributed by atoms with Gasteiger partial charge in [-0.1, -0.05) is 18.2 Å². The van der Waals surface area contributed by atoms with Crippen molar-refractivity contribution in [3.63, 3.8) is 0 Å². The van der Waals surface area contributed by atoms with Crippen LogP contribution in [-0.2, 0) is 0 Å². The van der Waals surface area contributed by atoms with E-state index in [1.807, 2.05) is 24.3 Å². The number of benzene rings is 1. The van der Waals surface area contributed by atoms with Gasteiger partial charge in [0.1, 0.15) is 18.1 Å². The largest absolute Gasteiger partial charge is 0.496 e. The van der Waals surface area contributed by atoms with Gasteiger partial charge < -0.3 is 10.1 Å². The molecule has 106 valence electrons. The Labute approximate surface area is 114 Å². The zero-order chi connectivity index (χ0) is 14.6. The average molecular weight is 282 g/mol. The quantitative estimate of drug-likeness (QED) is 0.927. The highest BCUT2D eigenvalue weighted by Crippen LogP contribution is 2.29.